The fraction of sp³-hybridized carbons (Fsp3) is 0.400. The van der Waals surface area contributed by atoms with Crippen LogP contribution in [-0.4, -0.2) is 40.0 Å². The van der Waals surface area contributed by atoms with Gasteiger partial charge in [-0.3, -0.25) is 9.89 Å². The predicted octanol–water partition coefficient (Wildman–Crippen LogP) is 2.42. The van der Waals surface area contributed by atoms with Gasteiger partial charge in [0, 0.05) is 13.0 Å². The summed E-state index contributed by atoms with van der Waals surface area (Å²) >= 11 is 1.27. The molecule has 0 saturated carbocycles. The molecule has 9 heteroatoms. The van der Waals surface area contributed by atoms with Crippen LogP contribution in [0.3, 0.4) is 0 Å². The van der Waals surface area contributed by atoms with Gasteiger partial charge in [-0.05, 0) is 24.1 Å². The molecule has 0 atom stereocenters. The Morgan fingerprint density at radius 2 is 2.12 bits per heavy atom. The van der Waals surface area contributed by atoms with Crippen molar-refractivity contribution in [2.24, 2.45) is 0 Å². The molecule has 6 nitrogen and oxygen atoms in total. The zero-order valence-corrected chi connectivity index (χ0v) is 13.9. The molecular weight excluding hydrogens is 338 g/mol. The highest BCUT2D eigenvalue weighted by Gasteiger charge is 2.07. The third-order valence-corrected chi connectivity index (χ3v) is 3.91. The Morgan fingerprint density at radius 1 is 1.38 bits per heavy atom. The number of hydrogen-bond acceptors (Lipinski definition) is 5. The first-order chi connectivity index (χ1) is 11.6. The van der Waals surface area contributed by atoms with Crippen LogP contribution in [0.5, 0.6) is 5.75 Å². The molecule has 0 saturated heterocycles. The van der Waals surface area contributed by atoms with Gasteiger partial charge >= 0.3 is 6.61 Å². The lowest BCUT2D eigenvalue weighted by molar-refractivity contribution is -0.118. The first-order valence-corrected chi connectivity index (χ1v) is 8.40. The number of thioether (sulfide) groups is 1. The molecule has 130 valence electrons. The van der Waals surface area contributed by atoms with Crippen molar-refractivity contribution in [3.05, 3.63) is 35.7 Å². The molecule has 0 aliphatic carbocycles. The second-order valence-electron chi connectivity index (χ2n) is 4.83. The largest absolute Gasteiger partial charge is 0.435 e. The van der Waals surface area contributed by atoms with Gasteiger partial charge in [-0.2, -0.15) is 8.78 Å². The topological polar surface area (TPSA) is 79.9 Å². The molecule has 0 spiro atoms. The Bertz CT molecular complexity index is 649. The van der Waals surface area contributed by atoms with Gasteiger partial charge in [-0.25, -0.2) is 4.98 Å². The number of aromatic nitrogens is 3. The summed E-state index contributed by atoms with van der Waals surface area (Å²) in [5, 5.41) is 10.1. The Labute approximate surface area is 142 Å². The van der Waals surface area contributed by atoms with Crippen molar-refractivity contribution >= 4 is 17.7 Å². The molecule has 1 amide bonds. The molecule has 0 unspecified atom stereocenters. The predicted molar refractivity (Wildman–Crippen MR) is 86.3 cm³/mol. The number of aromatic amines is 1. The van der Waals surface area contributed by atoms with Crippen LogP contribution in [0.2, 0.25) is 0 Å². The summed E-state index contributed by atoms with van der Waals surface area (Å²) in [6, 6.07) is 6.35. The number of nitrogens with zero attached hydrogens (tertiary/aromatic N) is 2. The number of hydrogen-bond donors (Lipinski definition) is 2. The molecule has 2 N–H and O–H groups in total. The second-order valence-corrected chi connectivity index (χ2v) is 5.77. The van der Waals surface area contributed by atoms with E-state index in [1.54, 1.807) is 12.1 Å². The van der Waals surface area contributed by atoms with E-state index in [4.69, 9.17) is 0 Å². The van der Waals surface area contributed by atoms with Crippen LogP contribution < -0.4 is 10.1 Å². The van der Waals surface area contributed by atoms with Crippen LogP contribution >= 0.6 is 11.8 Å². The Balaban J connectivity index is 1.66. The van der Waals surface area contributed by atoms with E-state index in [1.807, 2.05) is 6.92 Å². The van der Waals surface area contributed by atoms with Gasteiger partial charge in [-0.1, -0.05) is 30.8 Å². The summed E-state index contributed by atoms with van der Waals surface area (Å²) in [5.41, 5.74) is 0.922. The maximum Gasteiger partial charge on any atom is 0.387 e. The van der Waals surface area contributed by atoms with E-state index in [1.165, 1.54) is 23.9 Å². The van der Waals surface area contributed by atoms with Gasteiger partial charge in [0.25, 0.3) is 0 Å². The molecule has 24 heavy (non-hydrogen) atoms. The van der Waals surface area contributed by atoms with Crippen molar-refractivity contribution in [1.29, 1.82) is 0 Å². The average molecular weight is 356 g/mol. The van der Waals surface area contributed by atoms with Crippen LogP contribution in [0, 0.1) is 0 Å². The number of halogens is 2. The number of alkyl halides is 2. The molecule has 0 aliphatic rings. The highest BCUT2D eigenvalue weighted by atomic mass is 32.2. The Hall–Kier alpha value is -2.16. The molecule has 2 rings (SSSR count). The summed E-state index contributed by atoms with van der Waals surface area (Å²) in [4.78, 5) is 16.0. The maximum absolute atomic E-state index is 12.0. The number of ether oxygens (including phenoxy) is 1. The third-order valence-electron chi connectivity index (χ3n) is 3.06. The van der Waals surface area contributed by atoms with E-state index in [-0.39, 0.29) is 17.4 Å². The molecule has 0 aliphatic heterocycles. The van der Waals surface area contributed by atoms with E-state index in [0.717, 1.165) is 17.8 Å². The fourth-order valence-electron chi connectivity index (χ4n) is 1.87. The summed E-state index contributed by atoms with van der Waals surface area (Å²) in [6.45, 7) is -0.402. The van der Waals surface area contributed by atoms with Crippen molar-refractivity contribution in [3.8, 4) is 5.75 Å². The number of benzene rings is 1. The van der Waals surface area contributed by atoms with E-state index in [2.05, 4.69) is 25.2 Å². The number of H-pyrrole nitrogens is 1. The van der Waals surface area contributed by atoms with Crippen molar-refractivity contribution in [1.82, 2.24) is 20.5 Å². The normalized spacial score (nSPS) is 10.8. The van der Waals surface area contributed by atoms with Gasteiger partial charge in [0.05, 0.1) is 5.75 Å². The molecule has 0 bridgehead atoms. The van der Waals surface area contributed by atoms with Crippen LogP contribution in [-0.2, 0) is 17.6 Å². The minimum atomic E-state index is -2.83. The Kier molecular flexibility index (Phi) is 6.98. The molecule has 1 heterocycles. The number of carbonyl (C=O) groups is 1. The zero-order chi connectivity index (χ0) is 17.4. The molecular formula is C15H18F2N4O2S. The molecule has 1 aromatic heterocycles. The monoisotopic (exact) mass is 356 g/mol. The first-order valence-electron chi connectivity index (χ1n) is 7.41. The molecule has 0 radical (unpaired) electrons. The number of nitrogens with one attached hydrogen (secondary N) is 2. The van der Waals surface area contributed by atoms with E-state index in [0.29, 0.717) is 18.1 Å². The summed E-state index contributed by atoms with van der Waals surface area (Å²) < 4.78 is 28.4. The summed E-state index contributed by atoms with van der Waals surface area (Å²) in [7, 11) is 0. The van der Waals surface area contributed by atoms with Gasteiger partial charge in [0.2, 0.25) is 11.1 Å². The Morgan fingerprint density at radius 3 is 2.75 bits per heavy atom. The summed E-state index contributed by atoms with van der Waals surface area (Å²) in [6.07, 6.45) is 1.37. The lowest BCUT2D eigenvalue weighted by atomic mass is 10.1. The van der Waals surface area contributed by atoms with Crippen molar-refractivity contribution in [2.45, 2.75) is 31.5 Å². The van der Waals surface area contributed by atoms with Gasteiger partial charge < -0.3 is 10.1 Å². The molecule has 2 aromatic rings. The van der Waals surface area contributed by atoms with Gasteiger partial charge in [0.1, 0.15) is 11.6 Å². The highest BCUT2D eigenvalue weighted by Crippen LogP contribution is 2.15. The lowest BCUT2D eigenvalue weighted by Gasteiger charge is -2.07. The minimum absolute atomic E-state index is 0.111. The maximum atomic E-state index is 12.0. The van der Waals surface area contributed by atoms with Gasteiger partial charge in [0.15, 0.2) is 0 Å². The van der Waals surface area contributed by atoms with Gasteiger partial charge in [-0.15, -0.1) is 5.10 Å². The fourth-order valence-corrected chi connectivity index (χ4v) is 2.51. The number of rotatable bonds is 9. The van der Waals surface area contributed by atoms with Crippen molar-refractivity contribution < 1.29 is 18.3 Å². The second kappa shape index (κ2) is 9.21. The molecule has 0 fully saturated rings. The number of amides is 1. The SMILES string of the molecule is CCc1nc(SCC(=O)NCCc2ccc(OC(F)F)cc2)n[nH]1. The third kappa shape index (κ3) is 6.15. The van der Waals surface area contributed by atoms with Crippen molar-refractivity contribution in [2.75, 3.05) is 12.3 Å². The van der Waals surface area contributed by atoms with Crippen molar-refractivity contribution in [3.63, 3.8) is 0 Å². The zero-order valence-electron chi connectivity index (χ0n) is 13.1. The minimum Gasteiger partial charge on any atom is -0.435 e. The number of carbonyl (C=O) groups excluding carboxylic acids is 1. The number of aryl methyl sites for hydroxylation is 1. The van der Waals surface area contributed by atoms with E-state index in [9.17, 15) is 13.6 Å². The highest BCUT2D eigenvalue weighted by molar-refractivity contribution is 7.99. The van der Waals surface area contributed by atoms with Crippen LogP contribution in [0.1, 0.15) is 18.3 Å². The first kappa shape index (κ1) is 18.2. The van der Waals surface area contributed by atoms with Crippen LogP contribution in [0.15, 0.2) is 29.4 Å². The smallest absolute Gasteiger partial charge is 0.387 e. The van der Waals surface area contributed by atoms with Crippen LogP contribution in [0.25, 0.3) is 0 Å². The quantitative estimate of drug-likeness (QED) is 0.675. The van der Waals surface area contributed by atoms with Crippen LogP contribution in [0.4, 0.5) is 8.78 Å². The van der Waals surface area contributed by atoms with E-state index < -0.39 is 6.61 Å². The summed E-state index contributed by atoms with van der Waals surface area (Å²) in [5.74, 6) is 1.03. The lowest BCUT2D eigenvalue weighted by Crippen LogP contribution is -2.27. The average Bonchev–Trinajstić information content (AvgIpc) is 3.02. The standard InChI is InChI=1S/C15H18F2N4O2S/c1-2-12-19-15(21-20-12)24-9-13(22)18-8-7-10-3-5-11(6-4-10)23-14(16)17/h3-6,14H,2,7-9H2,1H3,(H,18,22)(H,19,20,21). The molecule has 1 aromatic carbocycles. The van der Waals surface area contributed by atoms with E-state index >= 15 is 0 Å².